The SMILES string of the molecule is Fc1ccc2c(c1)N1Cc3c(F)cccc3N(C2)C1. The fourth-order valence-corrected chi connectivity index (χ4v) is 2.99. The van der Waals surface area contributed by atoms with Crippen LogP contribution in [-0.2, 0) is 13.1 Å². The molecule has 0 unspecified atom stereocenters. The summed E-state index contributed by atoms with van der Waals surface area (Å²) in [5.41, 5.74) is 3.61. The number of rotatable bonds is 0. The first-order valence-corrected chi connectivity index (χ1v) is 6.28. The summed E-state index contributed by atoms with van der Waals surface area (Å²) in [4.78, 5) is 4.15. The van der Waals surface area contributed by atoms with Gasteiger partial charge in [-0.25, -0.2) is 8.78 Å². The van der Waals surface area contributed by atoms with Crippen molar-refractivity contribution in [3.05, 3.63) is 59.2 Å². The Morgan fingerprint density at radius 2 is 1.74 bits per heavy atom. The molecule has 96 valence electrons. The Kier molecular flexibility index (Phi) is 2.10. The van der Waals surface area contributed by atoms with Gasteiger partial charge in [-0.05, 0) is 29.8 Å². The first-order valence-electron chi connectivity index (χ1n) is 6.28. The van der Waals surface area contributed by atoms with Gasteiger partial charge < -0.3 is 9.80 Å². The van der Waals surface area contributed by atoms with Crippen LogP contribution >= 0.6 is 0 Å². The molecule has 0 radical (unpaired) electrons. The van der Waals surface area contributed by atoms with Crippen molar-refractivity contribution in [2.75, 3.05) is 16.5 Å². The number of anilines is 2. The van der Waals surface area contributed by atoms with Gasteiger partial charge in [0.1, 0.15) is 11.6 Å². The van der Waals surface area contributed by atoms with Crippen molar-refractivity contribution >= 4 is 11.4 Å². The zero-order valence-corrected chi connectivity index (χ0v) is 10.2. The van der Waals surface area contributed by atoms with E-state index < -0.39 is 0 Å². The van der Waals surface area contributed by atoms with E-state index in [0.29, 0.717) is 25.3 Å². The smallest absolute Gasteiger partial charge is 0.130 e. The van der Waals surface area contributed by atoms with Gasteiger partial charge in [-0.1, -0.05) is 12.1 Å². The molecule has 19 heavy (non-hydrogen) atoms. The van der Waals surface area contributed by atoms with Crippen molar-refractivity contribution in [1.82, 2.24) is 0 Å². The second-order valence-corrected chi connectivity index (χ2v) is 5.05. The third kappa shape index (κ3) is 1.52. The topological polar surface area (TPSA) is 6.48 Å². The minimum Gasteiger partial charge on any atom is -0.349 e. The molecule has 2 aliphatic rings. The largest absolute Gasteiger partial charge is 0.349 e. The van der Waals surface area contributed by atoms with Crippen LogP contribution in [0, 0.1) is 11.6 Å². The lowest BCUT2D eigenvalue weighted by Gasteiger charge is -2.44. The van der Waals surface area contributed by atoms with Crippen LogP contribution in [0.15, 0.2) is 36.4 Å². The van der Waals surface area contributed by atoms with E-state index in [2.05, 4.69) is 4.90 Å². The summed E-state index contributed by atoms with van der Waals surface area (Å²) in [6.45, 7) is 1.88. The van der Waals surface area contributed by atoms with Gasteiger partial charge in [0.25, 0.3) is 0 Å². The molecule has 0 spiro atoms. The average molecular weight is 258 g/mol. The summed E-state index contributed by atoms with van der Waals surface area (Å²) in [6, 6.07) is 10.0. The molecular formula is C15H12F2N2. The lowest BCUT2D eigenvalue weighted by Crippen LogP contribution is -2.46. The summed E-state index contributed by atoms with van der Waals surface area (Å²) in [6.07, 6.45) is 0. The predicted molar refractivity (Wildman–Crippen MR) is 70.0 cm³/mol. The van der Waals surface area contributed by atoms with Crippen molar-refractivity contribution in [3.8, 4) is 0 Å². The Morgan fingerprint density at radius 1 is 0.895 bits per heavy atom. The second-order valence-electron chi connectivity index (χ2n) is 5.05. The molecule has 0 saturated heterocycles. The molecule has 2 aromatic rings. The third-order valence-electron chi connectivity index (χ3n) is 3.87. The minimum absolute atomic E-state index is 0.188. The highest BCUT2D eigenvalue weighted by molar-refractivity contribution is 5.67. The lowest BCUT2D eigenvalue weighted by molar-refractivity contribution is 0.573. The van der Waals surface area contributed by atoms with Gasteiger partial charge in [0.15, 0.2) is 0 Å². The van der Waals surface area contributed by atoms with Crippen LogP contribution in [0.3, 0.4) is 0 Å². The van der Waals surface area contributed by atoms with Crippen molar-refractivity contribution < 1.29 is 8.78 Å². The number of benzene rings is 2. The normalized spacial score (nSPS) is 16.1. The quantitative estimate of drug-likeness (QED) is 0.715. The summed E-state index contributed by atoms with van der Waals surface area (Å²) < 4.78 is 27.3. The molecule has 2 aliphatic heterocycles. The van der Waals surface area contributed by atoms with Gasteiger partial charge in [-0.2, -0.15) is 0 Å². The predicted octanol–water partition coefficient (Wildman–Crippen LogP) is 3.26. The minimum atomic E-state index is -0.244. The van der Waals surface area contributed by atoms with E-state index in [1.807, 2.05) is 17.0 Å². The molecule has 0 saturated carbocycles. The van der Waals surface area contributed by atoms with Crippen molar-refractivity contribution in [3.63, 3.8) is 0 Å². The van der Waals surface area contributed by atoms with E-state index in [0.717, 1.165) is 16.9 Å². The molecule has 0 N–H and O–H groups in total. The molecule has 2 heterocycles. The standard InChI is InChI=1S/C15H12F2N2/c16-11-5-4-10-7-18-9-19(15(10)6-11)8-12-13(17)2-1-3-14(12)18/h1-6H,7-9H2. The summed E-state index contributed by atoms with van der Waals surface area (Å²) >= 11 is 0. The summed E-state index contributed by atoms with van der Waals surface area (Å²) in [5.74, 6) is -0.432. The van der Waals surface area contributed by atoms with Gasteiger partial charge in [0, 0.05) is 30.0 Å². The maximum Gasteiger partial charge on any atom is 0.130 e. The molecule has 0 amide bonds. The molecular weight excluding hydrogens is 246 g/mol. The zero-order chi connectivity index (χ0) is 13.0. The van der Waals surface area contributed by atoms with E-state index in [9.17, 15) is 8.78 Å². The first kappa shape index (κ1) is 10.8. The van der Waals surface area contributed by atoms with Crippen LogP contribution < -0.4 is 9.80 Å². The molecule has 2 bridgehead atoms. The Hall–Kier alpha value is -2.10. The Bertz CT molecular complexity index is 669. The number of hydrogen-bond donors (Lipinski definition) is 0. The van der Waals surface area contributed by atoms with Gasteiger partial charge in [-0.3, -0.25) is 0 Å². The molecule has 4 heteroatoms. The fourth-order valence-electron chi connectivity index (χ4n) is 2.99. The van der Waals surface area contributed by atoms with Crippen LogP contribution in [0.4, 0.5) is 20.2 Å². The zero-order valence-electron chi connectivity index (χ0n) is 10.2. The van der Waals surface area contributed by atoms with E-state index in [4.69, 9.17) is 0 Å². The van der Waals surface area contributed by atoms with Crippen LogP contribution in [0.25, 0.3) is 0 Å². The number of fused-ring (bicyclic) bond motifs is 6. The average Bonchev–Trinajstić information content (AvgIpc) is 2.41. The highest BCUT2D eigenvalue weighted by atomic mass is 19.1. The number of hydrogen-bond acceptors (Lipinski definition) is 2. The molecule has 2 nitrogen and oxygen atoms in total. The van der Waals surface area contributed by atoms with Crippen LogP contribution in [0.2, 0.25) is 0 Å². The van der Waals surface area contributed by atoms with Gasteiger partial charge in [-0.15, -0.1) is 0 Å². The third-order valence-corrected chi connectivity index (χ3v) is 3.87. The van der Waals surface area contributed by atoms with E-state index in [-0.39, 0.29) is 11.6 Å². The van der Waals surface area contributed by atoms with E-state index in [1.165, 1.54) is 12.1 Å². The van der Waals surface area contributed by atoms with Gasteiger partial charge in [0.2, 0.25) is 0 Å². The van der Waals surface area contributed by atoms with Gasteiger partial charge in [0.05, 0.1) is 6.67 Å². The van der Waals surface area contributed by atoms with Crippen LogP contribution in [0.5, 0.6) is 0 Å². The van der Waals surface area contributed by atoms with E-state index in [1.54, 1.807) is 12.1 Å². The Labute approximate surface area is 109 Å². The molecule has 0 fully saturated rings. The highest BCUT2D eigenvalue weighted by Gasteiger charge is 2.30. The fraction of sp³-hybridized carbons (Fsp3) is 0.200. The van der Waals surface area contributed by atoms with Crippen molar-refractivity contribution in [1.29, 1.82) is 0 Å². The van der Waals surface area contributed by atoms with Crippen molar-refractivity contribution in [2.45, 2.75) is 13.1 Å². The highest BCUT2D eigenvalue weighted by Crippen LogP contribution is 2.38. The number of nitrogens with zero attached hydrogens (tertiary/aromatic N) is 2. The monoisotopic (exact) mass is 258 g/mol. The molecule has 0 aliphatic carbocycles. The molecule has 0 aromatic heterocycles. The second kappa shape index (κ2) is 3.70. The molecule has 2 aromatic carbocycles. The van der Waals surface area contributed by atoms with Crippen molar-refractivity contribution in [2.24, 2.45) is 0 Å². The summed E-state index contributed by atoms with van der Waals surface area (Å²) in [5, 5.41) is 0. The number of halogens is 2. The Morgan fingerprint density at radius 3 is 2.63 bits per heavy atom. The maximum absolute atomic E-state index is 13.9. The van der Waals surface area contributed by atoms with Crippen LogP contribution in [0.1, 0.15) is 11.1 Å². The Balaban J connectivity index is 1.86. The summed E-state index contributed by atoms with van der Waals surface area (Å²) in [7, 11) is 0. The first-order chi connectivity index (χ1) is 9.22. The molecule has 4 rings (SSSR count). The van der Waals surface area contributed by atoms with E-state index >= 15 is 0 Å². The van der Waals surface area contributed by atoms with Gasteiger partial charge >= 0.3 is 0 Å². The molecule has 0 atom stereocenters. The van der Waals surface area contributed by atoms with Crippen LogP contribution in [-0.4, -0.2) is 6.67 Å². The lowest BCUT2D eigenvalue weighted by atomic mass is 10.0. The maximum atomic E-state index is 13.9.